The first kappa shape index (κ1) is 17.7. The molecule has 0 radical (unpaired) electrons. The molecule has 2 aromatic rings. The molecule has 2 amide bonds. The quantitative estimate of drug-likeness (QED) is 0.331. The van der Waals surface area contributed by atoms with Crippen molar-refractivity contribution >= 4 is 51.4 Å². The number of nitrogens with one attached hydrogen (secondary N) is 2. The van der Waals surface area contributed by atoms with Crippen LogP contribution in [0.15, 0.2) is 35.6 Å². The number of aromatic nitrogens is 1. The number of hydrazone groups is 1. The summed E-state index contributed by atoms with van der Waals surface area (Å²) < 4.78 is -0.0235. The Morgan fingerprint density at radius 2 is 2.24 bits per heavy atom. The topological polar surface area (TPSA) is 84.0 Å². The lowest BCUT2D eigenvalue weighted by Crippen LogP contribution is -2.55. The number of amides is 2. The second-order valence-electron chi connectivity index (χ2n) is 6.12. The van der Waals surface area contributed by atoms with E-state index in [1.54, 1.807) is 6.21 Å². The third-order valence-corrected chi connectivity index (χ3v) is 5.52. The lowest BCUT2D eigenvalue weighted by molar-refractivity contribution is -0.117. The lowest BCUT2D eigenvalue weighted by atomic mass is 10.1. The van der Waals surface area contributed by atoms with E-state index in [9.17, 15) is 10.0 Å². The SMILES string of the molecule is CNC(=O)N(O)C1N(/N=C/c2c[nH]c3ccccc23)C(=S)SC1(C)C. The second kappa shape index (κ2) is 6.66. The van der Waals surface area contributed by atoms with Crippen molar-refractivity contribution in [2.75, 3.05) is 7.05 Å². The first-order valence-electron chi connectivity index (χ1n) is 7.67. The van der Waals surface area contributed by atoms with Crippen molar-refractivity contribution in [2.24, 2.45) is 5.10 Å². The number of para-hydroxylation sites is 1. The Bertz CT molecular complexity index is 848. The number of hydroxylamine groups is 2. The van der Waals surface area contributed by atoms with Gasteiger partial charge in [0.25, 0.3) is 0 Å². The number of thioether (sulfide) groups is 1. The van der Waals surface area contributed by atoms with Crippen LogP contribution in [0.4, 0.5) is 4.79 Å². The Morgan fingerprint density at radius 1 is 1.52 bits per heavy atom. The predicted molar refractivity (Wildman–Crippen MR) is 104 cm³/mol. The van der Waals surface area contributed by atoms with Gasteiger partial charge >= 0.3 is 6.03 Å². The maximum absolute atomic E-state index is 11.9. The molecule has 1 aliphatic heterocycles. The third-order valence-electron chi connectivity index (χ3n) is 3.99. The van der Waals surface area contributed by atoms with Crippen molar-refractivity contribution in [1.82, 2.24) is 20.4 Å². The molecule has 1 atom stereocenters. The van der Waals surface area contributed by atoms with Gasteiger partial charge in [-0.3, -0.25) is 5.21 Å². The molecule has 1 aromatic carbocycles. The Morgan fingerprint density at radius 3 is 2.96 bits per heavy atom. The number of thiocarbonyl (C=S) groups is 1. The number of hydrogen-bond donors (Lipinski definition) is 3. The van der Waals surface area contributed by atoms with Crippen LogP contribution >= 0.6 is 24.0 Å². The number of aromatic amines is 1. The molecule has 0 saturated carbocycles. The van der Waals surface area contributed by atoms with Gasteiger partial charge in [-0.1, -0.05) is 42.2 Å². The van der Waals surface area contributed by atoms with Crippen LogP contribution in [0.1, 0.15) is 19.4 Å². The van der Waals surface area contributed by atoms with Crippen LogP contribution in [0.5, 0.6) is 0 Å². The smallest absolute Gasteiger partial charge is 0.343 e. The maximum atomic E-state index is 11.9. The fourth-order valence-corrected chi connectivity index (χ4v) is 4.57. The Labute approximate surface area is 155 Å². The van der Waals surface area contributed by atoms with E-state index in [1.165, 1.54) is 23.8 Å². The third kappa shape index (κ3) is 3.22. The zero-order valence-corrected chi connectivity index (χ0v) is 15.7. The van der Waals surface area contributed by atoms with Gasteiger partial charge in [-0.25, -0.2) is 9.80 Å². The summed E-state index contributed by atoms with van der Waals surface area (Å²) in [5.74, 6) is 0. The van der Waals surface area contributed by atoms with Crippen LogP contribution in [0.25, 0.3) is 10.9 Å². The number of benzene rings is 1. The van der Waals surface area contributed by atoms with Gasteiger partial charge in [0, 0.05) is 29.7 Å². The van der Waals surface area contributed by atoms with Crippen molar-refractivity contribution < 1.29 is 10.0 Å². The van der Waals surface area contributed by atoms with Crippen LogP contribution in [0.2, 0.25) is 0 Å². The highest BCUT2D eigenvalue weighted by molar-refractivity contribution is 8.24. The first-order chi connectivity index (χ1) is 11.8. The summed E-state index contributed by atoms with van der Waals surface area (Å²) in [6, 6.07) is 7.27. The maximum Gasteiger partial charge on any atom is 0.343 e. The van der Waals surface area contributed by atoms with Crippen molar-refractivity contribution in [1.29, 1.82) is 0 Å². The van der Waals surface area contributed by atoms with Crippen molar-refractivity contribution in [3.8, 4) is 0 Å². The van der Waals surface area contributed by atoms with E-state index in [0.29, 0.717) is 9.38 Å². The molecule has 2 heterocycles. The van der Waals surface area contributed by atoms with E-state index < -0.39 is 16.9 Å². The highest BCUT2D eigenvalue weighted by Gasteiger charge is 2.49. The standard InChI is InChI=1S/C16H19N5O2S2/c1-16(2)13(21(23)14(22)17-3)20(15(24)25-16)19-9-10-8-18-12-7-5-4-6-11(10)12/h4-9,13,18,23H,1-3H3,(H,17,22)/b19-9+. The van der Waals surface area contributed by atoms with E-state index >= 15 is 0 Å². The summed E-state index contributed by atoms with van der Waals surface area (Å²) in [4.78, 5) is 15.1. The molecule has 7 nitrogen and oxygen atoms in total. The van der Waals surface area contributed by atoms with Crippen LogP contribution in [0.3, 0.4) is 0 Å². The van der Waals surface area contributed by atoms with Gasteiger partial charge in [-0.2, -0.15) is 10.2 Å². The lowest BCUT2D eigenvalue weighted by Gasteiger charge is -2.33. The minimum Gasteiger partial charge on any atom is -0.361 e. The molecule has 1 saturated heterocycles. The molecule has 3 rings (SSSR count). The zero-order valence-electron chi connectivity index (χ0n) is 14.1. The molecular formula is C16H19N5O2S2. The number of H-pyrrole nitrogens is 1. The molecule has 1 aromatic heterocycles. The predicted octanol–water partition coefficient (Wildman–Crippen LogP) is 2.97. The Balaban J connectivity index is 1.93. The van der Waals surface area contributed by atoms with Crippen molar-refractivity contribution in [2.45, 2.75) is 24.8 Å². The molecule has 1 unspecified atom stereocenters. The van der Waals surface area contributed by atoms with Crippen LogP contribution < -0.4 is 5.32 Å². The summed E-state index contributed by atoms with van der Waals surface area (Å²) >= 11 is 6.79. The van der Waals surface area contributed by atoms with Gasteiger partial charge in [-0.15, -0.1) is 0 Å². The van der Waals surface area contributed by atoms with Crippen molar-refractivity contribution in [3.63, 3.8) is 0 Å². The Kier molecular flexibility index (Phi) is 4.72. The van der Waals surface area contributed by atoms with E-state index in [4.69, 9.17) is 12.2 Å². The minimum atomic E-state index is -0.716. The average molecular weight is 377 g/mol. The summed E-state index contributed by atoms with van der Waals surface area (Å²) in [7, 11) is 1.46. The average Bonchev–Trinajstić information content (AvgIpc) is 3.09. The van der Waals surface area contributed by atoms with Gasteiger partial charge in [-0.05, 0) is 19.9 Å². The highest BCUT2D eigenvalue weighted by atomic mass is 32.2. The molecule has 0 aliphatic carbocycles. The van der Waals surface area contributed by atoms with E-state index in [2.05, 4.69) is 15.4 Å². The fraction of sp³-hybridized carbons (Fsp3) is 0.312. The van der Waals surface area contributed by atoms with Crippen molar-refractivity contribution in [3.05, 3.63) is 36.0 Å². The summed E-state index contributed by atoms with van der Waals surface area (Å²) in [6.45, 7) is 3.81. The van der Waals surface area contributed by atoms with Gasteiger partial charge in [0.05, 0.1) is 11.0 Å². The minimum absolute atomic E-state index is 0.494. The fourth-order valence-electron chi connectivity index (χ4n) is 2.78. The van der Waals surface area contributed by atoms with Gasteiger partial charge in [0.15, 0.2) is 10.5 Å². The van der Waals surface area contributed by atoms with Crippen LogP contribution in [-0.4, -0.2) is 54.8 Å². The first-order valence-corrected chi connectivity index (χ1v) is 8.90. The number of fused-ring (bicyclic) bond motifs is 1. The number of rotatable bonds is 3. The zero-order chi connectivity index (χ0) is 18.2. The summed E-state index contributed by atoms with van der Waals surface area (Å²) in [5.41, 5.74) is 1.91. The van der Waals surface area contributed by atoms with Gasteiger partial charge in [0.1, 0.15) is 0 Å². The molecule has 1 aliphatic rings. The number of carbonyl (C=O) groups excluding carboxylic acids is 1. The molecule has 9 heteroatoms. The molecule has 0 spiro atoms. The van der Waals surface area contributed by atoms with Gasteiger partial charge in [0.2, 0.25) is 0 Å². The van der Waals surface area contributed by atoms with Crippen LogP contribution in [-0.2, 0) is 0 Å². The molecule has 1 fully saturated rings. The molecule has 3 N–H and O–H groups in total. The van der Waals surface area contributed by atoms with E-state index in [-0.39, 0.29) is 0 Å². The summed E-state index contributed by atoms with van der Waals surface area (Å²) in [5, 5.41) is 20.3. The molecule has 25 heavy (non-hydrogen) atoms. The second-order valence-corrected chi connectivity index (χ2v) is 8.41. The van der Waals surface area contributed by atoms with Gasteiger partial charge < -0.3 is 10.3 Å². The highest BCUT2D eigenvalue weighted by Crippen LogP contribution is 2.42. The summed E-state index contributed by atoms with van der Waals surface area (Å²) in [6.07, 6.45) is 2.82. The number of urea groups is 1. The normalized spacial score (nSPS) is 19.8. The largest absolute Gasteiger partial charge is 0.361 e. The molecular weight excluding hydrogens is 358 g/mol. The molecule has 132 valence electrons. The monoisotopic (exact) mass is 377 g/mol. The van der Waals surface area contributed by atoms with Crippen LogP contribution in [0, 0.1) is 0 Å². The number of hydrogen-bond acceptors (Lipinski definition) is 5. The number of nitrogens with zero attached hydrogens (tertiary/aromatic N) is 3. The Hall–Kier alpha value is -2.10. The van der Waals surface area contributed by atoms with E-state index in [0.717, 1.165) is 16.5 Å². The number of carbonyl (C=O) groups is 1. The van der Waals surface area contributed by atoms with E-state index in [1.807, 2.05) is 44.3 Å². The molecule has 0 bridgehead atoms.